The van der Waals surface area contributed by atoms with E-state index in [1.54, 1.807) is 0 Å². The van der Waals surface area contributed by atoms with Gasteiger partial charge in [0.1, 0.15) is 25.4 Å². The van der Waals surface area contributed by atoms with E-state index in [1.165, 1.54) is 109 Å². The molecule has 0 aliphatic carbocycles. The summed E-state index contributed by atoms with van der Waals surface area (Å²) in [6.45, 7) is 2.31. The van der Waals surface area contributed by atoms with Gasteiger partial charge in [-0.1, -0.05) is 356 Å². The highest BCUT2D eigenvalue weighted by molar-refractivity contribution is 7.47. The van der Waals surface area contributed by atoms with Crippen LogP contribution >= 0.6 is 15.6 Å². The number of aliphatic hydroxyl groups excluding tert-OH is 2. The van der Waals surface area contributed by atoms with Gasteiger partial charge in [-0.05, 0) is 161 Å². The van der Waals surface area contributed by atoms with E-state index in [9.17, 15) is 43.5 Å². The number of ether oxygens (including phenoxy) is 3. The number of aliphatic hydroxyl groups is 2. The van der Waals surface area contributed by atoms with Gasteiger partial charge in [0.15, 0.2) is 6.10 Å². The van der Waals surface area contributed by atoms with E-state index in [4.69, 9.17) is 32.3 Å². The van der Waals surface area contributed by atoms with Crippen molar-refractivity contribution in [2.45, 2.75) is 360 Å². The quantitative estimate of drug-likeness (QED) is 0.0146. The summed E-state index contributed by atoms with van der Waals surface area (Å²) in [6, 6.07) is 0. The molecule has 0 aliphatic rings. The van der Waals surface area contributed by atoms with Gasteiger partial charge < -0.3 is 34.2 Å². The molecule has 0 aliphatic heterocycles. The van der Waals surface area contributed by atoms with Gasteiger partial charge in [0, 0.05) is 19.3 Å². The highest BCUT2D eigenvalue weighted by atomic mass is 31.2. The van der Waals surface area contributed by atoms with Crippen LogP contribution < -0.4 is 0 Å². The van der Waals surface area contributed by atoms with Gasteiger partial charge in [0.25, 0.3) is 0 Å². The molecule has 0 bridgehead atoms. The summed E-state index contributed by atoms with van der Waals surface area (Å²) in [4.78, 5) is 58.9. The molecule has 18 heteroatoms. The molecule has 0 spiro atoms. The van der Waals surface area contributed by atoms with Gasteiger partial charge in [0.2, 0.25) is 0 Å². The number of unbranched alkanes of at least 4 members (excludes halogenated alkanes) is 28. The zero-order valence-electron chi connectivity index (χ0n) is 71.9. The second-order valence-corrected chi connectivity index (χ2v) is 32.2. The van der Waals surface area contributed by atoms with Crippen LogP contribution in [0.4, 0.5) is 0 Å². The van der Waals surface area contributed by atoms with E-state index >= 15 is 0 Å². The Bertz CT molecular complexity index is 2870. The summed E-state index contributed by atoms with van der Waals surface area (Å²) >= 11 is 0. The Morgan fingerprint density at radius 3 is 0.696 bits per heavy atom. The standard InChI is InChI=1S/C97H160O16P2/c1-4-7-10-13-16-19-22-25-28-31-34-36-38-40-42-44-45-47-49-50-52-54-57-59-62-65-68-71-74-77-80-83-95(100)107-86-92(98)87-109-114(103,104)110-88-93(99)89-111-115(105,106)112-91-94(113-97(102)85-82-79-76-73-70-67-64-61-56-33-30-27-24-21-18-15-12-9-6-3)90-108-96(101)84-81-78-75-72-69-66-63-60-58-55-53-51-48-46-43-41-39-37-35-32-29-26-23-20-17-14-11-8-5-2/h7-12,16-21,25-30,34-37,40-43,48,51,56,61,67,70,92-94,98-99H,4-6,13-15,22-24,31-33,38-39,44-47,49-50,52-55,57-60,62-66,68-69,71-91H2,1-3H3,(H,103,104)(H,105,106)/b10-7-,11-8-,12-9-,19-16-,20-17-,21-18-,28-25-,29-26-,30-27-,36-34-,37-35-,42-40-,43-41-,51-48-,61-56-,70-67-. The van der Waals surface area contributed by atoms with E-state index in [0.717, 1.165) is 173 Å². The molecule has 5 unspecified atom stereocenters. The Hall–Kier alpha value is -5.61. The molecule has 0 aromatic carbocycles. The first-order chi connectivity index (χ1) is 56.2. The summed E-state index contributed by atoms with van der Waals surface area (Å²) in [5.74, 6) is -1.62. The van der Waals surface area contributed by atoms with Crippen molar-refractivity contribution < 1.29 is 75.8 Å². The lowest BCUT2D eigenvalue weighted by atomic mass is 10.0. The number of phosphoric ester groups is 2. The molecule has 0 saturated heterocycles. The lowest BCUT2D eigenvalue weighted by Gasteiger charge is -2.21. The Labute approximate surface area is 699 Å². The molecule has 0 rings (SSSR count). The second-order valence-electron chi connectivity index (χ2n) is 29.3. The first-order valence-corrected chi connectivity index (χ1v) is 47.7. The summed E-state index contributed by atoms with van der Waals surface area (Å²) in [6.07, 6.45) is 116. The Morgan fingerprint density at radius 1 is 0.243 bits per heavy atom. The van der Waals surface area contributed by atoms with E-state index in [0.29, 0.717) is 19.3 Å². The van der Waals surface area contributed by atoms with Crippen molar-refractivity contribution >= 4 is 33.6 Å². The normalized spacial score (nSPS) is 14.7. The van der Waals surface area contributed by atoms with Gasteiger partial charge in [-0.15, -0.1) is 0 Å². The second kappa shape index (κ2) is 87.7. The molecule has 654 valence electrons. The maximum absolute atomic E-state index is 13.0. The number of carbonyl (C=O) groups excluding carboxylic acids is 3. The topological polar surface area (TPSA) is 231 Å². The average Bonchev–Trinajstić information content (AvgIpc) is 0.894. The number of carbonyl (C=O) groups is 3. The lowest BCUT2D eigenvalue weighted by Crippen LogP contribution is -2.30. The maximum atomic E-state index is 13.0. The number of hydrogen-bond donors (Lipinski definition) is 4. The minimum absolute atomic E-state index is 0.0581. The fourth-order valence-corrected chi connectivity index (χ4v) is 13.2. The molecular weight excluding hydrogens is 1480 g/mol. The van der Waals surface area contributed by atoms with Gasteiger partial charge in [-0.2, -0.15) is 0 Å². The fourth-order valence-electron chi connectivity index (χ4n) is 11.6. The number of esters is 3. The predicted octanol–water partition coefficient (Wildman–Crippen LogP) is 27.4. The van der Waals surface area contributed by atoms with E-state index < -0.39 is 91.5 Å². The average molecular weight is 1640 g/mol. The first-order valence-electron chi connectivity index (χ1n) is 44.7. The smallest absolute Gasteiger partial charge is 0.463 e. The Morgan fingerprint density at radius 2 is 0.435 bits per heavy atom. The van der Waals surface area contributed by atoms with Gasteiger partial charge in [0.05, 0.1) is 26.4 Å². The van der Waals surface area contributed by atoms with Gasteiger partial charge in [-0.3, -0.25) is 32.5 Å². The lowest BCUT2D eigenvalue weighted by molar-refractivity contribution is -0.161. The summed E-state index contributed by atoms with van der Waals surface area (Å²) in [5, 5.41) is 20.7. The van der Waals surface area contributed by atoms with Crippen LogP contribution in [0, 0.1) is 0 Å². The van der Waals surface area contributed by atoms with Gasteiger partial charge >= 0.3 is 33.6 Å². The van der Waals surface area contributed by atoms with Crippen LogP contribution in [0.25, 0.3) is 0 Å². The molecule has 0 saturated carbocycles. The van der Waals surface area contributed by atoms with E-state index in [1.807, 2.05) is 0 Å². The monoisotopic (exact) mass is 1640 g/mol. The maximum Gasteiger partial charge on any atom is 0.472 e. The third kappa shape index (κ3) is 89.0. The number of allylic oxidation sites excluding steroid dienone is 32. The van der Waals surface area contributed by atoms with E-state index in [2.05, 4.69) is 215 Å². The van der Waals surface area contributed by atoms with Crippen molar-refractivity contribution in [1.82, 2.24) is 0 Å². The highest BCUT2D eigenvalue weighted by Crippen LogP contribution is 2.45. The Kier molecular flexibility index (Phi) is 83.4. The van der Waals surface area contributed by atoms with Crippen LogP contribution in [-0.2, 0) is 55.8 Å². The fraction of sp³-hybridized carbons (Fsp3) is 0.639. The molecule has 0 fully saturated rings. The SMILES string of the molecule is CC/C=C\C/C=C\C/C=C\C/C=C\C/C=C\C/C=C\CCCCCCCCCCCCC(=O)OCC(COP(=O)(O)OCC(O)COP(=O)(O)OCC(O)COC(=O)CCCCCCCCCCCCCCCCC/C=C\C/C=C\C/C=C\C/C=C\C/C=C\CC)OC(=O)CCCCC/C=C\C/C=C\C/C=C\C/C=C\C/C=C\CC. The summed E-state index contributed by atoms with van der Waals surface area (Å²) < 4.78 is 61.4. The number of rotatable bonds is 83. The molecule has 0 aromatic heterocycles. The zero-order chi connectivity index (χ0) is 83.6. The van der Waals surface area contributed by atoms with E-state index in [-0.39, 0.29) is 19.3 Å². The van der Waals surface area contributed by atoms with Crippen LogP contribution in [0.5, 0.6) is 0 Å². The zero-order valence-corrected chi connectivity index (χ0v) is 73.7. The van der Waals surface area contributed by atoms with Crippen molar-refractivity contribution in [3.63, 3.8) is 0 Å². The molecule has 5 atom stereocenters. The van der Waals surface area contributed by atoms with Crippen LogP contribution in [0.3, 0.4) is 0 Å². The predicted molar refractivity (Wildman–Crippen MR) is 481 cm³/mol. The number of phosphoric acid groups is 2. The number of hydrogen-bond acceptors (Lipinski definition) is 14. The van der Waals surface area contributed by atoms with Crippen LogP contribution in [0.2, 0.25) is 0 Å². The van der Waals surface area contributed by atoms with Crippen molar-refractivity contribution in [2.75, 3.05) is 39.6 Å². The molecule has 115 heavy (non-hydrogen) atoms. The van der Waals surface area contributed by atoms with Crippen LogP contribution in [-0.4, -0.2) is 95.9 Å². The molecule has 4 N–H and O–H groups in total. The van der Waals surface area contributed by atoms with Crippen molar-refractivity contribution in [2.24, 2.45) is 0 Å². The molecule has 0 heterocycles. The van der Waals surface area contributed by atoms with Crippen molar-refractivity contribution in [3.8, 4) is 0 Å². The highest BCUT2D eigenvalue weighted by Gasteiger charge is 2.29. The molecule has 0 radical (unpaired) electrons. The van der Waals surface area contributed by atoms with Crippen LogP contribution in [0.15, 0.2) is 194 Å². The molecule has 0 amide bonds. The third-order valence-electron chi connectivity index (χ3n) is 18.3. The third-order valence-corrected chi connectivity index (χ3v) is 20.2. The van der Waals surface area contributed by atoms with Crippen molar-refractivity contribution in [1.29, 1.82) is 0 Å². The minimum atomic E-state index is -4.96. The summed E-state index contributed by atoms with van der Waals surface area (Å²) in [7, 11) is -9.83. The summed E-state index contributed by atoms with van der Waals surface area (Å²) in [5.41, 5.74) is 0. The largest absolute Gasteiger partial charge is 0.472 e. The van der Waals surface area contributed by atoms with Crippen molar-refractivity contribution in [3.05, 3.63) is 194 Å². The Balaban J connectivity index is 4.60. The molecule has 0 aromatic rings. The molecule has 16 nitrogen and oxygen atoms in total. The minimum Gasteiger partial charge on any atom is -0.463 e. The molecular formula is C97H160O16P2. The first kappa shape index (κ1) is 109. The van der Waals surface area contributed by atoms with Crippen LogP contribution in [0.1, 0.15) is 342 Å². The van der Waals surface area contributed by atoms with Gasteiger partial charge in [-0.25, -0.2) is 9.13 Å².